The Labute approximate surface area is 202 Å². The van der Waals surface area contributed by atoms with Gasteiger partial charge in [0.15, 0.2) is 0 Å². The highest BCUT2D eigenvalue weighted by Gasteiger charge is 2.33. The molecule has 0 spiro atoms. The third kappa shape index (κ3) is 4.42. The molecule has 0 radical (unpaired) electrons. The number of rotatable bonds is 3. The van der Waals surface area contributed by atoms with Gasteiger partial charge < -0.3 is 25.7 Å². The van der Waals surface area contributed by atoms with Gasteiger partial charge >= 0.3 is 6.36 Å². The Hall–Kier alpha value is -3.83. The third-order valence-electron chi connectivity index (χ3n) is 6.69. The number of nitrogens with zero attached hydrogens (tertiary/aromatic N) is 2. The maximum Gasteiger partial charge on any atom is 0.573 e. The molecule has 12 heteroatoms. The fourth-order valence-electron chi connectivity index (χ4n) is 5.07. The molecule has 0 unspecified atom stereocenters. The number of amides is 2. The first-order valence-electron chi connectivity index (χ1n) is 11.5. The van der Waals surface area contributed by atoms with E-state index in [0.29, 0.717) is 48.0 Å². The number of alkyl halides is 3. The van der Waals surface area contributed by atoms with Crippen molar-refractivity contribution in [3.05, 3.63) is 52.6 Å². The van der Waals surface area contributed by atoms with Gasteiger partial charge in [-0.3, -0.25) is 9.59 Å². The van der Waals surface area contributed by atoms with Crippen LogP contribution in [0.25, 0.3) is 11.0 Å². The highest BCUT2D eigenvalue weighted by molar-refractivity contribution is 6.09. The van der Waals surface area contributed by atoms with Gasteiger partial charge in [-0.1, -0.05) is 0 Å². The first-order valence-corrected chi connectivity index (χ1v) is 11.5. The van der Waals surface area contributed by atoms with Crippen molar-refractivity contribution in [1.82, 2.24) is 20.2 Å². The van der Waals surface area contributed by atoms with Crippen molar-refractivity contribution in [2.75, 3.05) is 25.4 Å². The molecule has 1 fully saturated rings. The van der Waals surface area contributed by atoms with E-state index >= 15 is 4.39 Å². The van der Waals surface area contributed by atoms with Crippen LogP contribution in [0.15, 0.2) is 24.4 Å². The number of halogens is 4. The molecule has 0 aliphatic carbocycles. The minimum Gasteiger partial charge on any atom is -0.406 e. The van der Waals surface area contributed by atoms with Crippen LogP contribution < -0.4 is 15.8 Å². The summed E-state index contributed by atoms with van der Waals surface area (Å²) in [6, 6.07) is 3.19. The van der Waals surface area contributed by atoms with E-state index in [1.54, 1.807) is 0 Å². The van der Waals surface area contributed by atoms with E-state index in [2.05, 4.69) is 20.0 Å². The molecule has 3 aromatic rings. The van der Waals surface area contributed by atoms with Gasteiger partial charge in [0, 0.05) is 48.0 Å². The van der Waals surface area contributed by atoms with Crippen molar-refractivity contribution in [3.63, 3.8) is 0 Å². The van der Waals surface area contributed by atoms with Crippen LogP contribution in [0.4, 0.5) is 23.2 Å². The molecule has 5 rings (SSSR count). The number of piperidine rings is 1. The number of pyridine rings is 1. The normalized spacial score (nSPS) is 17.0. The number of fused-ring (bicyclic) bond motifs is 3. The molecule has 0 saturated carbocycles. The molecular weight excluding hydrogens is 482 g/mol. The summed E-state index contributed by atoms with van der Waals surface area (Å²) >= 11 is 0. The molecule has 1 saturated heterocycles. The smallest absolute Gasteiger partial charge is 0.406 e. The molecule has 0 atom stereocenters. The summed E-state index contributed by atoms with van der Waals surface area (Å²) in [5.74, 6) is -1.96. The van der Waals surface area contributed by atoms with Crippen molar-refractivity contribution < 1.29 is 31.9 Å². The number of carbonyl (C=O) groups excluding carboxylic acids is 2. The largest absolute Gasteiger partial charge is 0.573 e. The quantitative estimate of drug-likeness (QED) is 0.369. The first-order chi connectivity index (χ1) is 17.1. The second-order valence-corrected chi connectivity index (χ2v) is 8.94. The Bertz CT molecular complexity index is 1350. The summed E-state index contributed by atoms with van der Waals surface area (Å²) in [6.07, 6.45) is -1.46. The molecule has 36 heavy (non-hydrogen) atoms. The topological polar surface area (TPSA) is 113 Å². The number of nitrogens with one attached hydrogen (secondary N) is 2. The number of ether oxygens (including phenoxy) is 1. The van der Waals surface area contributed by atoms with E-state index in [4.69, 9.17) is 5.73 Å². The molecule has 4 heterocycles. The van der Waals surface area contributed by atoms with Crippen LogP contribution in [0.1, 0.15) is 57.2 Å². The predicted octanol–water partition coefficient (Wildman–Crippen LogP) is 3.88. The maximum absolute atomic E-state index is 15.1. The number of hydrogen-bond acceptors (Lipinski definition) is 5. The molecular formula is C24H23F4N5O3. The fourth-order valence-corrected chi connectivity index (χ4v) is 5.07. The van der Waals surface area contributed by atoms with Crippen molar-refractivity contribution in [2.24, 2.45) is 0 Å². The van der Waals surface area contributed by atoms with Crippen molar-refractivity contribution in [2.45, 2.75) is 38.0 Å². The van der Waals surface area contributed by atoms with E-state index < -0.39 is 23.8 Å². The van der Waals surface area contributed by atoms with Crippen molar-refractivity contribution in [1.29, 1.82) is 0 Å². The molecule has 2 aliphatic rings. The van der Waals surface area contributed by atoms with Gasteiger partial charge in [0.05, 0.1) is 17.3 Å². The van der Waals surface area contributed by atoms with Crippen LogP contribution in [-0.2, 0) is 6.42 Å². The zero-order valence-corrected chi connectivity index (χ0v) is 19.0. The number of nitrogens with two attached hydrogens (primary N) is 1. The number of benzene rings is 1. The van der Waals surface area contributed by atoms with Gasteiger partial charge in [-0.25, -0.2) is 9.37 Å². The number of aromatic amines is 1. The number of anilines is 1. The second-order valence-electron chi connectivity index (χ2n) is 8.94. The summed E-state index contributed by atoms with van der Waals surface area (Å²) in [5.41, 5.74) is 7.80. The molecule has 2 aromatic heterocycles. The van der Waals surface area contributed by atoms with Crippen LogP contribution >= 0.6 is 0 Å². The fraction of sp³-hybridized carbons (Fsp3) is 0.375. The molecule has 0 bridgehead atoms. The summed E-state index contributed by atoms with van der Waals surface area (Å²) in [6.45, 7) is 1.10. The lowest BCUT2D eigenvalue weighted by Crippen LogP contribution is -2.38. The zero-order chi connectivity index (χ0) is 25.6. The number of aromatic nitrogens is 2. The lowest BCUT2D eigenvalue weighted by atomic mass is 9.86. The van der Waals surface area contributed by atoms with Gasteiger partial charge in [-0.15, -0.1) is 13.2 Å². The number of H-pyrrole nitrogens is 1. The Balaban J connectivity index is 1.37. The van der Waals surface area contributed by atoms with Gasteiger partial charge in [0.2, 0.25) is 0 Å². The monoisotopic (exact) mass is 505 g/mol. The Morgan fingerprint density at radius 1 is 1.22 bits per heavy atom. The van der Waals surface area contributed by atoms with Gasteiger partial charge in [-0.2, -0.15) is 0 Å². The SMILES string of the molecule is Nc1cc(OC(F)(F)F)ccc1C(=O)N1CCC(c2c(F)cnc3[nH]c4c(c23)C(=O)NCCC4)CC1. The Morgan fingerprint density at radius 2 is 1.97 bits per heavy atom. The number of hydrogen-bond donors (Lipinski definition) is 3. The standard InChI is InChI=1S/C24H23F4N5O3/c25-15-11-31-21-20(19-17(32-21)2-1-7-30-22(19)34)18(15)12-5-8-33(9-6-12)23(35)14-4-3-13(10-16(14)29)36-24(26,27)28/h3-4,10-12H,1-2,5-9,29H2,(H,30,34)(H,31,32). The van der Waals surface area contributed by atoms with Crippen LogP contribution in [-0.4, -0.2) is 52.7 Å². The molecule has 8 nitrogen and oxygen atoms in total. The first kappa shape index (κ1) is 23.9. The lowest BCUT2D eigenvalue weighted by Gasteiger charge is -2.33. The maximum atomic E-state index is 15.1. The molecule has 1 aromatic carbocycles. The van der Waals surface area contributed by atoms with Crippen LogP contribution in [0.2, 0.25) is 0 Å². The summed E-state index contributed by atoms with van der Waals surface area (Å²) in [4.78, 5) is 34.6. The average molecular weight is 505 g/mol. The predicted molar refractivity (Wildman–Crippen MR) is 122 cm³/mol. The van der Waals surface area contributed by atoms with E-state index in [1.165, 1.54) is 11.0 Å². The average Bonchev–Trinajstić information content (AvgIpc) is 3.09. The highest BCUT2D eigenvalue weighted by atomic mass is 19.4. The number of likely N-dealkylation sites (tertiary alicyclic amines) is 1. The van der Waals surface area contributed by atoms with E-state index in [9.17, 15) is 22.8 Å². The minimum absolute atomic E-state index is 0.0630. The number of carbonyl (C=O) groups is 2. The Morgan fingerprint density at radius 3 is 2.67 bits per heavy atom. The van der Waals surface area contributed by atoms with Crippen molar-refractivity contribution >= 4 is 28.5 Å². The zero-order valence-electron chi connectivity index (χ0n) is 19.0. The van der Waals surface area contributed by atoms with Gasteiger partial charge in [0.25, 0.3) is 11.8 Å². The van der Waals surface area contributed by atoms with Crippen LogP contribution in [0.5, 0.6) is 5.75 Å². The number of aryl methyl sites for hydroxylation is 1. The molecule has 190 valence electrons. The second kappa shape index (κ2) is 8.99. The lowest BCUT2D eigenvalue weighted by molar-refractivity contribution is -0.274. The summed E-state index contributed by atoms with van der Waals surface area (Å²) in [7, 11) is 0. The van der Waals surface area contributed by atoms with E-state index in [0.717, 1.165) is 30.4 Å². The summed E-state index contributed by atoms with van der Waals surface area (Å²) < 4.78 is 56.3. The summed E-state index contributed by atoms with van der Waals surface area (Å²) in [5, 5.41) is 3.33. The number of nitrogen functional groups attached to an aromatic ring is 1. The molecule has 2 aliphatic heterocycles. The van der Waals surface area contributed by atoms with Crippen LogP contribution in [0.3, 0.4) is 0 Å². The van der Waals surface area contributed by atoms with E-state index in [1.807, 2.05) is 0 Å². The van der Waals surface area contributed by atoms with Crippen molar-refractivity contribution in [3.8, 4) is 5.75 Å². The molecule has 2 amide bonds. The van der Waals surface area contributed by atoms with E-state index in [-0.39, 0.29) is 36.2 Å². The van der Waals surface area contributed by atoms with Crippen LogP contribution in [0, 0.1) is 5.82 Å². The van der Waals surface area contributed by atoms with Gasteiger partial charge in [0.1, 0.15) is 17.2 Å². The molecule has 4 N–H and O–H groups in total. The Kier molecular flexibility index (Phi) is 5.97. The third-order valence-corrected chi connectivity index (χ3v) is 6.69. The van der Waals surface area contributed by atoms with Gasteiger partial charge in [-0.05, 0) is 43.7 Å². The minimum atomic E-state index is -4.87. The highest BCUT2D eigenvalue weighted by Crippen LogP contribution is 2.38.